The normalized spacial score (nSPS) is 20.2. The summed E-state index contributed by atoms with van der Waals surface area (Å²) in [7, 11) is 3.23. The molecule has 0 radical (unpaired) electrons. The van der Waals surface area contributed by atoms with E-state index in [-0.39, 0.29) is 36.9 Å². The SMILES string of the molecule is Cn1cc(NC(=O)c2cc3ccccc3[nH]2)cc1C(=O)NC[C@H](N)CC(=O)Nc1cc(C(=O)N[C@@H]2OC[C@@H](O)[C@H](O)[C@H]2O)n(C)c1. The number of rotatable bonds is 10. The van der Waals surface area contributed by atoms with Crippen LogP contribution in [0.15, 0.2) is 54.9 Å². The maximum Gasteiger partial charge on any atom is 0.272 e. The molecule has 4 heterocycles. The first-order chi connectivity index (χ1) is 21.9. The molecule has 46 heavy (non-hydrogen) atoms. The summed E-state index contributed by atoms with van der Waals surface area (Å²) in [6.07, 6.45) is -2.56. The molecule has 0 aliphatic carbocycles. The predicted octanol–water partition coefficient (Wildman–Crippen LogP) is -0.648. The smallest absolute Gasteiger partial charge is 0.272 e. The molecule has 244 valence electrons. The zero-order chi connectivity index (χ0) is 33.1. The monoisotopic (exact) mass is 636 g/mol. The van der Waals surface area contributed by atoms with Crippen molar-refractivity contribution in [2.45, 2.75) is 37.0 Å². The Bertz CT molecular complexity index is 1730. The van der Waals surface area contributed by atoms with Crippen LogP contribution in [-0.2, 0) is 23.6 Å². The molecular formula is C30H36N8O8. The van der Waals surface area contributed by atoms with Crippen molar-refractivity contribution < 1.29 is 39.2 Å². The minimum absolute atomic E-state index is 0.0130. The molecule has 1 aliphatic rings. The fourth-order valence-corrected chi connectivity index (χ4v) is 5.08. The number of para-hydroxylation sites is 1. The number of carbonyl (C=O) groups is 4. The fraction of sp³-hybridized carbons (Fsp3) is 0.333. The predicted molar refractivity (Wildman–Crippen MR) is 166 cm³/mol. The van der Waals surface area contributed by atoms with Crippen molar-refractivity contribution in [1.29, 1.82) is 0 Å². The Hall–Kier alpha value is -5.00. The number of benzene rings is 1. The first kappa shape index (κ1) is 32.4. The third-order valence-corrected chi connectivity index (χ3v) is 7.54. The molecule has 1 aromatic carbocycles. The van der Waals surface area contributed by atoms with Crippen LogP contribution in [0, 0.1) is 0 Å². The van der Waals surface area contributed by atoms with Gasteiger partial charge in [-0.05, 0) is 24.3 Å². The number of aromatic nitrogens is 3. The lowest BCUT2D eigenvalue weighted by atomic mass is 10.0. The average Bonchev–Trinajstić information content (AvgIpc) is 3.72. The molecule has 16 heteroatoms. The Labute approximate surface area is 262 Å². The summed E-state index contributed by atoms with van der Waals surface area (Å²) in [5, 5.41) is 40.9. The second kappa shape index (κ2) is 13.6. The Morgan fingerprint density at radius 3 is 2.28 bits per heavy atom. The van der Waals surface area contributed by atoms with E-state index in [0.29, 0.717) is 17.1 Å². The number of aliphatic hydroxyl groups is 3. The summed E-state index contributed by atoms with van der Waals surface area (Å²) < 4.78 is 8.21. The number of nitrogens with two attached hydrogens (primary N) is 1. The maximum absolute atomic E-state index is 12.8. The van der Waals surface area contributed by atoms with Crippen LogP contribution in [0.25, 0.3) is 10.9 Å². The van der Waals surface area contributed by atoms with E-state index in [9.17, 15) is 34.5 Å². The van der Waals surface area contributed by atoms with Gasteiger partial charge in [0.05, 0.1) is 18.0 Å². The molecule has 5 rings (SSSR count). The zero-order valence-corrected chi connectivity index (χ0v) is 25.1. The third kappa shape index (κ3) is 7.27. The molecule has 0 unspecified atom stereocenters. The van der Waals surface area contributed by atoms with Gasteiger partial charge in [-0.1, -0.05) is 18.2 Å². The number of aryl methyl sites for hydroxylation is 2. The number of hydrogen-bond acceptors (Lipinski definition) is 9. The van der Waals surface area contributed by atoms with E-state index >= 15 is 0 Å². The van der Waals surface area contributed by atoms with Gasteiger partial charge in [0, 0.05) is 56.4 Å². The van der Waals surface area contributed by atoms with Crippen molar-refractivity contribution in [3.63, 3.8) is 0 Å². The zero-order valence-electron chi connectivity index (χ0n) is 25.1. The topological polar surface area (TPSA) is 238 Å². The number of H-pyrrole nitrogens is 1. The van der Waals surface area contributed by atoms with Crippen LogP contribution in [0.1, 0.15) is 37.9 Å². The lowest BCUT2D eigenvalue weighted by Gasteiger charge is -2.35. The average molecular weight is 637 g/mol. The van der Waals surface area contributed by atoms with Crippen molar-refractivity contribution in [3.8, 4) is 0 Å². The molecule has 0 bridgehead atoms. The number of amides is 4. The van der Waals surface area contributed by atoms with E-state index in [0.717, 1.165) is 10.9 Å². The van der Waals surface area contributed by atoms with Crippen molar-refractivity contribution in [2.24, 2.45) is 19.8 Å². The number of aliphatic hydroxyl groups excluding tert-OH is 3. The van der Waals surface area contributed by atoms with Crippen LogP contribution in [0.3, 0.4) is 0 Å². The van der Waals surface area contributed by atoms with Crippen molar-refractivity contribution in [1.82, 2.24) is 24.8 Å². The number of carbonyl (C=O) groups excluding carboxylic acids is 4. The summed E-state index contributed by atoms with van der Waals surface area (Å²) in [6, 6.07) is 11.5. The van der Waals surface area contributed by atoms with Gasteiger partial charge in [0.15, 0.2) is 6.23 Å². The van der Waals surface area contributed by atoms with E-state index in [2.05, 4.69) is 26.3 Å². The number of aromatic amines is 1. The highest BCUT2D eigenvalue weighted by molar-refractivity contribution is 6.06. The molecule has 1 aliphatic heterocycles. The Morgan fingerprint density at radius 2 is 1.59 bits per heavy atom. The number of ether oxygens (including phenoxy) is 1. The molecule has 0 spiro atoms. The lowest BCUT2D eigenvalue weighted by Crippen LogP contribution is -2.59. The van der Waals surface area contributed by atoms with Gasteiger partial charge in [-0.3, -0.25) is 19.2 Å². The fourth-order valence-electron chi connectivity index (χ4n) is 5.08. The van der Waals surface area contributed by atoms with Crippen molar-refractivity contribution >= 4 is 45.9 Å². The first-order valence-electron chi connectivity index (χ1n) is 14.4. The van der Waals surface area contributed by atoms with E-state index in [1.54, 1.807) is 30.9 Å². The quantitative estimate of drug-likeness (QED) is 0.107. The van der Waals surface area contributed by atoms with Gasteiger partial charge in [-0.2, -0.15) is 0 Å². The minimum atomic E-state index is -1.53. The Morgan fingerprint density at radius 1 is 0.935 bits per heavy atom. The highest BCUT2D eigenvalue weighted by atomic mass is 16.5. The highest BCUT2D eigenvalue weighted by Crippen LogP contribution is 2.19. The van der Waals surface area contributed by atoms with Gasteiger partial charge < -0.3 is 61.2 Å². The number of fused-ring (bicyclic) bond motifs is 1. The van der Waals surface area contributed by atoms with E-state index in [1.807, 2.05) is 24.3 Å². The van der Waals surface area contributed by atoms with Crippen molar-refractivity contribution in [2.75, 3.05) is 23.8 Å². The number of nitrogens with zero attached hydrogens (tertiary/aromatic N) is 2. The summed E-state index contributed by atoms with van der Waals surface area (Å²) in [5.74, 6) is -1.90. The van der Waals surface area contributed by atoms with Gasteiger partial charge in [0.2, 0.25) is 5.91 Å². The van der Waals surface area contributed by atoms with Gasteiger partial charge >= 0.3 is 0 Å². The van der Waals surface area contributed by atoms with E-state index < -0.39 is 48.3 Å². The number of anilines is 2. The second-order valence-corrected chi connectivity index (χ2v) is 11.2. The van der Waals surface area contributed by atoms with Gasteiger partial charge in [-0.15, -0.1) is 0 Å². The molecule has 16 nitrogen and oxygen atoms in total. The van der Waals surface area contributed by atoms with Crippen molar-refractivity contribution in [3.05, 3.63) is 71.9 Å². The highest BCUT2D eigenvalue weighted by Gasteiger charge is 2.38. The number of hydrogen-bond donors (Lipinski definition) is 9. The summed E-state index contributed by atoms with van der Waals surface area (Å²) in [5.41, 5.74) is 8.44. The van der Waals surface area contributed by atoms with E-state index in [1.165, 1.54) is 22.9 Å². The molecule has 4 aromatic rings. The van der Waals surface area contributed by atoms with Gasteiger partial charge in [0.1, 0.15) is 35.4 Å². The lowest BCUT2D eigenvalue weighted by molar-refractivity contribution is -0.191. The molecule has 4 amide bonds. The third-order valence-electron chi connectivity index (χ3n) is 7.54. The Balaban J connectivity index is 1.09. The summed E-state index contributed by atoms with van der Waals surface area (Å²) >= 11 is 0. The standard InChI is InChI=1S/C30H36N8O8/c1-37-13-18(34-27(43)20-7-15-5-3-4-6-19(15)35-20)10-21(37)28(44)32-11-16(31)8-24(40)33-17-9-22(38(2)12-17)29(45)36-30-26(42)25(41)23(39)14-46-30/h3-7,9-10,12-13,16,23,25-26,30,35,39,41-42H,8,11,14,31H2,1-2H3,(H,32,44)(H,33,40)(H,34,43)(H,36,45)/t16-,23-,25+,26-,30-/m1/s1. The Kier molecular flexibility index (Phi) is 9.54. The minimum Gasteiger partial charge on any atom is -0.388 e. The summed E-state index contributed by atoms with van der Waals surface area (Å²) in [6.45, 7) is -0.282. The molecule has 1 fully saturated rings. The molecule has 1 saturated heterocycles. The van der Waals surface area contributed by atoms with Crippen LogP contribution in [-0.4, -0.2) is 96.8 Å². The molecule has 10 N–H and O–H groups in total. The van der Waals surface area contributed by atoms with Gasteiger partial charge in [-0.25, -0.2) is 0 Å². The molecule has 5 atom stereocenters. The molecule has 0 saturated carbocycles. The van der Waals surface area contributed by atoms with Crippen LogP contribution in [0.5, 0.6) is 0 Å². The largest absolute Gasteiger partial charge is 0.388 e. The summed E-state index contributed by atoms with van der Waals surface area (Å²) in [4.78, 5) is 54.0. The van der Waals surface area contributed by atoms with Gasteiger partial charge in [0.25, 0.3) is 17.7 Å². The van der Waals surface area contributed by atoms with E-state index in [4.69, 9.17) is 10.5 Å². The van der Waals surface area contributed by atoms with Crippen LogP contribution >= 0.6 is 0 Å². The van der Waals surface area contributed by atoms with Crippen LogP contribution < -0.4 is 27.0 Å². The molecular weight excluding hydrogens is 600 g/mol. The first-order valence-corrected chi connectivity index (χ1v) is 14.4. The second-order valence-electron chi connectivity index (χ2n) is 11.2. The van der Waals surface area contributed by atoms with Crippen LogP contribution in [0.4, 0.5) is 11.4 Å². The van der Waals surface area contributed by atoms with Crippen LogP contribution in [0.2, 0.25) is 0 Å². The molecule has 3 aromatic heterocycles. The number of nitrogens with one attached hydrogen (secondary N) is 5. The maximum atomic E-state index is 12.8.